The van der Waals surface area contributed by atoms with Gasteiger partial charge in [0.15, 0.2) is 0 Å². The number of nitrogens with two attached hydrogens (primary N) is 1. The standard InChI is InChI=1S/C12H9BrClN3O/c13-11-4-2-8(6-16-11)17-12(18)9-5-7(14)1-3-10(9)15/h1-6H,15H2,(H,17,18). The summed E-state index contributed by atoms with van der Waals surface area (Å²) in [5.41, 5.74) is 7.03. The Balaban J connectivity index is 2.21. The number of hydrogen-bond donors (Lipinski definition) is 2. The van der Waals surface area contributed by atoms with Crippen LogP contribution in [-0.2, 0) is 0 Å². The lowest BCUT2D eigenvalue weighted by Gasteiger charge is -2.07. The Bertz CT molecular complexity index is 586. The summed E-state index contributed by atoms with van der Waals surface area (Å²) >= 11 is 9.05. The van der Waals surface area contributed by atoms with E-state index in [1.165, 1.54) is 6.07 Å². The Morgan fingerprint density at radius 2 is 2.11 bits per heavy atom. The molecule has 0 atom stereocenters. The van der Waals surface area contributed by atoms with Crippen molar-refractivity contribution in [3.05, 3.63) is 51.7 Å². The average molecular weight is 327 g/mol. The molecule has 2 aromatic rings. The van der Waals surface area contributed by atoms with Gasteiger partial charge in [-0.05, 0) is 46.3 Å². The fraction of sp³-hybridized carbons (Fsp3) is 0. The van der Waals surface area contributed by atoms with E-state index in [2.05, 4.69) is 26.2 Å². The second kappa shape index (κ2) is 5.37. The number of anilines is 2. The maximum absolute atomic E-state index is 12.0. The molecule has 3 N–H and O–H groups in total. The highest BCUT2D eigenvalue weighted by molar-refractivity contribution is 9.10. The molecule has 1 aromatic carbocycles. The van der Waals surface area contributed by atoms with Crippen LogP contribution in [0, 0.1) is 0 Å². The molecule has 0 saturated carbocycles. The van der Waals surface area contributed by atoms with Gasteiger partial charge in [0.05, 0.1) is 17.4 Å². The quantitative estimate of drug-likeness (QED) is 0.657. The van der Waals surface area contributed by atoms with Crippen molar-refractivity contribution in [1.29, 1.82) is 0 Å². The number of hydrogen-bond acceptors (Lipinski definition) is 3. The Hall–Kier alpha value is -1.59. The number of nitrogens with one attached hydrogen (secondary N) is 1. The third-order valence-corrected chi connectivity index (χ3v) is 2.95. The molecule has 0 fully saturated rings. The van der Waals surface area contributed by atoms with Gasteiger partial charge in [0.25, 0.3) is 5.91 Å². The lowest BCUT2D eigenvalue weighted by Crippen LogP contribution is -2.14. The van der Waals surface area contributed by atoms with E-state index < -0.39 is 0 Å². The van der Waals surface area contributed by atoms with Gasteiger partial charge in [-0.25, -0.2) is 4.98 Å². The highest BCUT2D eigenvalue weighted by Gasteiger charge is 2.10. The second-order valence-electron chi connectivity index (χ2n) is 3.56. The van der Waals surface area contributed by atoms with Crippen LogP contribution in [0.15, 0.2) is 41.1 Å². The van der Waals surface area contributed by atoms with E-state index in [0.717, 1.165) is 0 Å². The fourth-order valence-electron chi connectivity index (χ4n) is 1.37. The molecule has 2 rings (SSSR count). The molecule has 0 saturated heterocycles. The maximum Gasteiger partial charge on any atom is 0.257 e. The molecular weight excluding hydrogens is 318 g/mol. The van der Waals surface area contributed by atoms with Crippen molar-refractivity contribution in [2.45, 2.75) is 0 Å². The molecule has 1 amide bonds. The number of nitrogen functional groups attached to an aromatic ring is 1. The third-order valence-electron chi connectivity index (χ3n) is 2.25. The SMILES string of the molecule is Nc1ccc(Cl)cc1C(=O)Nc1ccc(Br)nc1. The van der Waals surface area contributed by atoms with Crippen LogP contribution in [-0.4, -0.2) is 10.9 Å². The van der Waals surface area contributed by atoms with E-state index in [4.69, 9.17) is 17.3 Å². The number of aromatic nitrogens is 1. The van der Waals surface area contributed by atoms with E-state index in [1.807, 2.05) is 0 Å². The van der Waals surface area contributed by atoms with Gasteiger partial charge in [0.2, 0.25) is 0 Å². The van der Waals surface area contributed by atoms with Crippen LogP contribution in [0.3, 0.4) is 0 Å². The molecule has 1 heterocycles. The first-order chi connectivity index (χ1) is 8.56. The summed E-state index contributed by atoms with van der Waals surface area (Å²) in [7, 11) is 0. The molecule has 0 aliphatic heterocycles. The number of halogens is 2. The molecule has 92 valence electrons. The van der Waals surface area contributed by atoms with Crippen molar-refractivity contribution in [2.24, 2.45) is 0 Å². The summed E-state index contributed by atoms with van der Waals surface area (Å²) in [6.45, 7) is 0. The number of pyridine rings is 1. The summed E-state index contributed by atoms with van der Waals surface area (Å²) in [6.07, 6.45) is 1.54. The largest absolute Gasteiger partial charge is 0.398 e. The van der Waals surface area contributed by atoms with E-state index >= 15 is 0 Å². The number of nitrogens with zero attached hydrogens (tertiary/aromatic N) is 1. The van der Waals surface area contributed by atoms with Crippen LogP contribution in [0.1, 0.15) is 10.4 Å². The average Bonchev–Trinajstić information content (AvgIpc) is 2.35. The van der Waals surface area contributed by atoms with E-state index in [9.17, 15) is 4.79 Å². The van der Waals surface area contributed by atoms with Crippen LogP contribution in [0.2, 0.25) is 5.02 Å². The molecule has 0 aliphatic carbocycles. The fourth-order valence-corrected chi connectivity index (χ4v) is 1.78. The van der Waals surface area contributed by atoms with Gasteiger partial charge >= 0.3 is 0 Å². The minimum atomic E-state index is -0.320. The summed E-state index contributed by atoms with van der Waals surface area (Å²) in [6, 6.07) is 8.22. The first kappa shape index (κ1) is 12.9. The Morgan fingerprint density at radius 1 is 1.33 bits per heavy atom. The monoisotopic (exact) mass is 325 g/mol. The zero-order valence-corrected chi connectivity index (χ0v) is 11.5. The first-order valence-electron chi connectivity index (χ1n) is 5.04. The van der Waals surface area contributed by atoms with Gasteiger partial charge in [-0.3, -0.25) is 4.79 Å². The van der Waals surface area contributed by atoms with E-state index in [-0.39, 0.29) is 5.91 Å². The van der Waals surface area contributed by atoms with Gasteiger partial charge in [-0.2, -0.15) is 0 Å². The van der Waals surface area contributed by atoms with Crippen molar-refractivity contribution >= 4 is 44.8 Å². The van der Waals surface area contributed by atoms with Gasteiger partial charge in [0.1, 0.15) is 4.60 Å². The minimum Gasteiger partial charge on any atom is -0.398 e. The second-order valence-corrected chi connectivity index (χ2v) is 4.80. The predicted molar refractivity (Wildman–Crippen MR) is 75.8 cm³/mol. The Kier molecular flexibility index (Phi) is 3.84. The maximum atomic E-state index is 12.0. The molecule has 0 bridgehead atoms. The van der Waals surface area contributed by atoms with Crippen LogP contribution in [0.25, 0.3) is 0 Å². The summed E-state index contributed by atoms with van der Waals surface area (Å²) in [4.78, 5) is 16.0. The van der Waals surface area contributed by atoms with Crippen LogP contribution >= 0.6 is 27.5 Å². The van der Waals surface area contributed by atoms with Crippen molar-refractivity contribution < 1.29 is 4.79 Å². The summed E-state index contributed by atoms with van der Waals surface area (Å²) in [5, 5.41) is 3.15. The molecule has 4 nitrogen and oxygen atoms in total. The van der Waals surface area contributed by atoms with Crippen molar-refractivity contribution in [2.75, 3.05) is 11.1 Å². The number of amides is 1. The molecule has 0 radical (unpaired) electrons. The van der Waals surface area contributed by atoms with Gasteiger partial charge in [-0.1, -0.05) is 11.6 Å². The van der Waals surface area contributed by atoms with E-state index in [0.29, 0.717) is 26.6 Å². The number of carbonyl (C=O) groups is 1. The van der Waals surface area contributed by atoms with Crippen LogP contribution in [0.4, 0.5) is 11.4 Å². The molecule has 0 unspecified atom stereocenters. The third kappa shape index (κ3) is 3.00. The highest BCUT2D eigenvalue weighted by atomic mass is 79.9. The van der Waals surface area contributed by atoms with Crippen molar-refractivity contribution in [3.63, 3.8) is 0 Å². The molecule has 0 aliphatic rings. The summed E-state index contributed by atoms with van der Waals surface area (Å²) in [5.74, 6) is -0.320. The molecule has 18 heavy (non-hydrogen) atoms. The van der Waals surface area contributed by atoms with Crippen LogP contribution < -0.4 is 11.1 Å². The number of benzene rings is 1. The van der Waals surface area contributed by atoms with Gasteiger partial charge in [-0.15, -0.1) is 0 Å². The topological polar surface area (TPSA) is 68.0 Å². The van der Waals surface area contributed by atoms with Crippen molar-refractivity contribution in [1.82, 2.24) is 4.98 Å². The molecule has 6 heteroatoms. The summed E-state index contributed by atoms with van der Waals surface area (Å²) < 4.78 is 0.697. The molecule has 1 aromatic heterocycles. The van der Waals surface area contributed by atoms with Crippen LogP contribution in [0.5, 0.6) is 0 Å². The van der Waals surface area contributed by atoms with Gasteiger partial charge in [0, 0.05) is 10.7 Å². The number of rotatable bonds is 2. The number of carbonyl (C=O) groups excluding carboxylic acids is 1. The van der Waals surface area contributed by atoms with E-state index in [1.54, 1.807) is 30.5 Å². The normalized spacial score (nSPS) is 10.1. The lowest BCUT2D eigenvalue weighted by molar-refractivity contribution is 0.102. The minimum absolute atomic E-state index is 0.320. The highest BCUT2D eigenvalue weighted by Crippen LogP contribution is 2.19. The molecule has 0 spiro atoms. The smallest absolute Gasteiger partial charge is 0.257 e. The van der Waals surface area contributed by atoms with Gasteiger partial charge < -0.3 is 11.1 Å². The zero-order chi connectivity index (χ0) is 13.1. The lowest BCUT2D eigenvalue weighted by atomic mass is 10.1. The predicted octanol–water partition coefficient (Wildman–Crippen LogP) is 3.33. The molecular formula is C12H9BrClN3O. The zero-order valence-electron chi connectivity index (χ0n) is 9.15. The Labute approximate surface area is 117 Å². The first-order valence-corrected chi connectivity index (χ1v) is 6.21. The Morgan fingerprint density at radius 3 is 2.78 bits per heavy atom. The van der Waals surface area contributed by atoms with Crippen molar-refractivity contribution in [3.8, 4) is 0 Å².